The Bertz CT molecular complexity index is 389. The van der Waals surface area contributed by atoms with Crippen molar-refractivity contribution in [2.24, 2.45) is 5.73 Å². The van der Waals surface area contributed by atoms with Crippen LogP contribution in [0.3, 0.4) is 0 Å². The van der Waals surface area contributed by atoms with Crippen molar-refractivity contribution < 1.29 is 29.0 Å². The van der Waals surface area contributed by atoms with E-state index in [0.29, 0.717) is 25.9 Å². The molecule has 1 aliphatic heterocycles. The second-order valence-electron chi connectivity index (χ2n) is 6.26. The van der Waals surface area contributed by atoms with Gasteiger partial charge in [-0.15, -0.1) is 0 Å². The zero-order chi connectivity index (χ0) is 23.1. The molecule has 9 nitrogen and oxygen atoms in total. The van der Waals surface area contributed by atoms with Gasteiger partial charge in [-0.25, -0.2) is 0 Å². The SMILES string of the molecule is CCC.CCC(CC)(NC)C(=O)NCCC(N)=O.CO.O=COC1CCOCC1. The number of carbonyl (C=O) groups is 3. The lowest BCUT2D eigenvalue weighted by Crippen LogP contribution is -2.55. The smallest absolute Gasteiger partial charge is 0.293 e. The highest BCUT2D eigenvalue weighted by Gasteiger charge is 2.32. The van der Waals surface area contributed by atoms with Gasteiger partial charge in [0.05, 0.1) is 18.8 Å². The fourth-order valence-electron chi connectivity index (χ4n) is 2.40. The Morgan fingerprint density at radius 2 is 1.66 bits per heavy atom. The third-order valence-electron chi connectivity index (χ3n) is 4.19. The Labute approximate surface area is 176 Å². The lowest BCUT2D eigenvalue weighted by molar-refractivity contribution is -0.137. The van der Waals surface area contributed by atoms with Gasteiger partial charge in [0.25, 0.3) is 6.47 Å². The lowest BCUT2D eigenvalue weighted by atomic mass is 9.92. The maximum Gasteiger partial charge on any atom is 0.293 e. The molecule has 0 aliphatic carbocycles. The van der Waals surface area contributed by atoms with Gasteiger partial charge in [0.2, 0.25) is 11.8 Å². The van der Waals surface area contributed by atoms with E-state index in [2.05, 4.69) is 24.5 Å². The number of rotatable bonds is 9. The van der Waals surface area contributed by atoms with Crippen LogP contribution in [0.1, 0.15) is 66.2 Å². The van der Waals surface area contributed by atoms with Gasteiger partial charge < -0.3 is 30.9 Å². The molecule has 0 spiro atoms. The lowest BCUT2D eigenvalue weighted by Gasteiger charge is -2.29. The van der Waals surface area contributed by atoms with Crippen LogP contribution in [0, 0.1) is 0 Å². The van der Waals surface area contributed by atoms with Crippen molar-refractivity contribution in [3.8, 4) is 0 Å². The Morgan fingerprint density at radius 3 is 2.00 bits per heavy atom. The van der Waals surface area contributed by atoms with Gasteiger partial charge in [-0.2, -0.15) is 0 Å². The van der Waals surface area contributed by atoms with E-state index in [1.165, 1.54) is 6.42 Å². The molecule has 1 saturated heterocycles. The maximum absolute atomic E-state index is 11.8. The van der Waals surface area contributed by atoms with Gasteiger partial charge in [0.1, 0.15) is 6.10 Å². The molecule has 0 aromatic heterocycles. The number of hydrogen-bond acceptors (Lipinski definition) is 7. The van der Waals surface area contributed by atoms with Crippen molar-refractivity contribution in [1.82, 2.24) is 10.6 Å². The van der Waals surface area contributed by atoms with Gasteiger partial charge in [-0.05, 0) is 19.9 Å². The van der Waals surface area contributed by atoms with Crippen LogP contribution in [0.2, 0.25) is 0 Å². The van der Waals surface area contributed by atoms with Gasteiger partial charge >= 0.3 is 0 Å². The average Bonchev–Trinajstić information content (AvgIpc) is 2.73. The highest BCUT2D eigenvalue weighted by molar-refractivity contribution is 5.86. The zero-order valence-electron chi connectivity index (χ0n) is 19.1. The molecule has 1 heterocycles. The minimum Gasteiger partial charge on any atom is -0.464 e. The number of likely N-dealkylation sites (N-methyl/N-ethyl adjacent to an activating group) is 1. The number of carbonyl (C=O) groups excluding carboxylic acids is 3. The number of aliphatic hydroxyl groups excluding tert-OH is 1. The molecule has 0 radical (unpaired) electrons. The molecule has 29 heavy (non-hydrogen) atoms. The second-order valence-corrected chi connectivity index (χ2v) is 6.26. The monoisotopic (exact) mass is 421 g/mol. The molecule has 0 aromatic rings. The van der Waals surface area contributed by atoms with E-state index in [-0.39, 0.29) is 18.4 Å². The summed E-state index contributed by atoms with van der Waals surface area (Å²) >= 11 is 0. The van der Waals surface area contributed by atoms with Crippen LogP contribution >= 0.6 is 0 Å². The molecular weight excluding hydrogens is 378 g/mol. The van der Waals surface area contributed by atoms with Crippen LogP contribution in [-0.2, 0) is 23.9 Å². The molecule has 1 rings (SSSR count). The van der Waals surface area contributed by atoms with Crippen molar-refractivity contribution in [2.45, 2.75) is 77.9 Å². The number of primary amides is 1. The van der Waals surface area contributed by atoms with Crippen LogP contribution in [0.25, 0.3) is 0 Å². The summed E-state index contributed by atoms with van der Waals surface area (Å²) in [4.78, 5) is 32.1. The molecule has 5 N–H and O–H groups in total. The number of amides is 2. The van der Waals surface area contributed by atoms with Crippen molar-refractivity contribution in [3.05, 3.63) is 0 Å². The number of hydrogen-bond donors (Lipinski definition) is 4. The first-order valence-electron chi connectivity index (χ1n) is 10.2. The predicted molar refractivity (Wildman–Crippen MR) is 114 cm³/mol. The zero-order valence-corrected chi connectivity index (χ0v) is 19.1. The fraction of sp³-hybridized carbons (Fsp3) is 0.850. The third kappa shape index (κ3) is 16.9. The van der Waals surface area contributed by atoms with Crippen LogP contribution in [-0.4, -0.2) is 69.0 Å². The molecule has 2 amide bonds. The Balaban J connectivity index is -0.000000407. The summed E-state index contributed by atoms with van der Waals surface area (Å²) in [7, 11) is 2.76. The van der Waals surface area contributed by atoms with E-state index in [9.17, 15) is 14.4 Å². The summed E-state index contributed by atoms with van der Waals surface area (Å²) in [6, 6.07) is 0. The molecule has 1 fully saturated rings. The van der Waals surface area contributed by atoms with Crippen molar-refractivity contribution in [3.63, 3.8) is 0 Å². The normalized spacial score (nSPS) is 13.2. The molecule has 0 unspecified atom stereocenters. The molecule has 0 aromatic carbocycles. The van der Waals surface area contributed by atoms with Gasteiger partial charge in [0, 0.05) is 32.9 Å². The van der Waals surface area contributed by atoms with E-state index in [4.69, 9.17) is 20.3 Å². The summed E-state index contributed by atoms with van der Waals surface area (Å²) in [5, 5.41) is 12.7. The predicted octanol–water partition coefficient (Wildman–Crippen LogP) is 1.12. The summed E-state index contributed by atoms with van der Waals surface area (Å²) in [5.74, 6) is -0.477. The first-order valence-corrected chi connectivity index (χ1v) is 10.2. The summed E-state index contributed by atoms with van der Waals surface area (Å²) < 4.78 is 9.77. The molecule has 0 atom stereocenters. The topological polar surface area (TPSA) is 140 Å². The average molecular weight is 422 g/mol. The van der Waals surface area contributed by atoms with Crippen molar-refractivity contribution >= 4 is 18.3 Å². The second kappa shape index (κ2) is 22.6. The maximum atomic E-state index is 11.8. The van der Waals surface area contributed by atoms with E-state index in [1.807, 2.05) is 13.8 Å². The minimum absolute atomic E-state index is 0.0729. The third-order valence-corrected chi connectivity index (χ3v) is 4.19. The van der Waals surface area contributed by atoms with Gasteiger partial charge in [-0.1, -0.05) is 34.1 Å². The van der Waals surface area contributed by atoms with E-state index >= 15 is 0 Å². The van der Waals surface area contributed by atoms with Crippen LogP contribution < -0.4 is 16.4 Å². The standard InChI is InChI=1S/C10H21N3O2.C6H10O3.C3H8.CH4O/c1-4-10(5-2,12-3)9(15)13-7-6-8(11)14;7-5-9-6-1-3-8-4-2-6;1-3-2;1-2/h12H,4-7H2,1-3H3,(H2,11,14)(H,13,15);5-6H,1-4H2;3H2,1-2H3;2H,1H3. The summed E-state index contributed by atoms with van der Waals surface area (Å²) in [6.07, 6.45) is 4.65. The Kier molecular flexibility index (Phi) is 24.9. The highest BCUT2D eigenvalue weighted by atomic mass is 16.5. The number of nitrogens with one attached hydrogen (secondary N) is 2. The molecule has 174 valence electrons. The largest absolute Gasteiger partial charge is 0.464 e. The summed E-state index contributed by atoms with van der Waals surface area (Å²) in [5.41, 5.74) is 4.45. The Hall–Kier alpha value is -1.71. The number of nitrogens with two attached hydrogens (primary N) is 1. The van der Waals surface area contributed by atoms with Crippen LogP contribution in [0.5, 0.6) is 0 Å². The van der Waals surface area contributed by atoms with Crippen LogP contribution in [0.4, 0.5) is 0 Å². The van der Waals surface area contributed by atoms with Crippen molar-refractivity contribution in [2.75, 3.05) is 33.9 Å². The summed E-state index contributed by atoms with van der Waals surface area (Å²) in [6.45, 7) is 10.4. The van der Waals surface area contributed by atoms with E-state index in [1.54, 1.807) is 7.05 Å². The van der Waals surface area contributed by atoms with E-state index in [0.717, 1.165) is 33.2 Å². The highest BCUT2D eigenvalue weighted by Crippen LogP contribution is 2.14. The van der Waals surface area contributed by atoms with E-state index < -0.39 is 11.4 Å². The molecule has 0 saturated carbocycles. The van der Waals surface area contributed by atoms with Crippen LogP contribution in [0.15, 0.2) is 0 Å². The fourth-order valence-corrected chi connectivity index (χ4v) is 2.40. The first-order chi connectivity index (χ1) is 13.9. The Morgan fingerprint density at radius 1 is 1.17 bits per heavy atom. The minimum atomic E-state index is -0.530. The number of ether oxygens (including phenoxy) is 2. The number of aliphatic hydroxyl groups is 1. The molecule has 1 aliphatic rings. The quantitative estimate of drug-likeness (QED) is 0.409. The van der Waals surface area contributed by atoms with Crippen molar-refractivity contribution in [1.29, 1.82) is 0 Å². The molecule has 0 bridgehead atoms. The first kappa shape index (κ1) is 32.0. The van der Waals surface area contributed by atoms with Gasteiger partial charge in [-0.3, -0.25) is 14.4 Å². The molecule has 9 heteroatoms. The van der Waals surface area contributed by atoms with Gasteiger partial charge in [0.15, 0.2) is 0 Å². The molecular formula is C20H43N3O6.